The molecule has 0 radical (unpaired) electrons. The number of nitrogens with one attached hydrogen (secondary N) is 1. The maximum atomic E-state index is 9.79. The summed E-state index contributed by atoms with van der Waals surface area (Å²) in [4.78, 5) is 2.45. The number of nitrogens with zero attached hydrogens (tertiary/aromatic N) is 1. The fraction of sp³-hybridized carbons (Fsp3) is 1.00. The van der Waals surface area contributed by atoms with Crippen molar-refractivity contribution in [2.75, 3.05) is 13.1 Å². The van der Waals surface area contributed by atoms with E-state index in [0.29, 0.717) is 12.1 Å². The molecule has 1 atom stereocenters. The van der Waals surface area contributed by atoms with E-state index in [9.17, 15) is 5.11 Å². The second kappa shape index (κ2) is 6.58. The molecule has 16 heavy (non-hydrogen) atoms. The quantitative estimate of drug-likeness (QED) is 0.701. The van der Waals surface area contributed by atoms with E-state index in [1.165, 1.54) is 0 Å². The van der Waals surface area contributed by atoms with Crippen LogP contribution < -0.4 is 5.32 Å². The standard InChI is InChI=1S/C13H30N2O/c1-10(2)15(11(3)4)9-8-14-12(5)13(6,7)16/h10-12,14,16H,8-9H2,1-7H3. The maximum absolute atomic E-state index is 9.79. The van der Waals surface area contributed by atoms with E-state index in [-0.39, 0.29) is 6.04 Å². The van der Waals surface area contributed by atoms with Gasteiger partial charge in [-0.05, 0) is 48.5 Å². The van der Waals surface area contributed by atoms with Gasteiger partial charge >= 0.3 is 0 Å². The van der Waals surface area contributed by atoms with Crippen molar-refractivity contribution in [3.8, 4) is 0 Å². The highest BCUT2D eigenvalue weighted by molar-refractivity contribution is 4.80. The summed E-state index contributed by atoms with van der Waals surface area (Å²) in [5, 5.41) is 13.2. The molecule has 0 aromatic carbocycles. The van der Waals surface area contributed by atoms with Gasteiger partial charge in [-0.25, -0.2) is 0 Å². The number of rotatable bonds is 7. The Morgan fingerprint density at radius 1 is 1.06 bits per heavy atom. The lowest BCUT2D eigenvalue weighted by molar-refractivity contribution is 0.0424. The molecular formula is C13H30N2O. The number of hydrogen-bond donors (Lipinski definition) is 2. The first-order valence-electron chi connectivity index (χ1n) is 6.37. The van der Waals surface area contributed by atoms with Crippen molar-refractivity contribution in [3.63, 3.8) is 0 Å². The van der Waals surface area contributed by atoms with Crippen LogP contribution in [0.2, 0.25) is 0 Å². The molecular weight excluding hydrogens is 200 g/mol. The van der Waals surface area contributed by atoms with Crippen molar-refractivity contribution in [1.29, 1.82) is 0 Å². The fourth-order valence-electron chi connectivity index (χ4n) is 1.77. The molecule has 0 amide bonds. The monoisotopic (exact) mass is 230 g/mol. The zero-order valence-corrected chi connectivity index (χ0v) is 12.0. The summed E-state index contributed by atoms with van der Waals surface area (Å²) in [5.41, 5.74) is -0.652. The minimum Gasteiger partial charge on any atom is -0.389 e. The highest BCUT2D eigenvalue weighted by atomic mass is 16.3. The third-order valence-electron chi connectivity index (χ3n) is 3.21. The van der Waals surface area contributed by atoms with Gasteiger partial charge in [0, 0.05) is 31.2 Å². The first-order chi connectivity index (χ1) is 7.16. The molecule has 0 rings (SSSR count). The summed E-state index contributed by atoms with van der Waals surface area (Å²) < 4.78 is 0. The van der Waals surface area contributed by atoms with Crippen molar-refractivity contribution in [2.24, 2.45) is 0 Å². The number of hydrogen-bond acceptors (Lipinski definition) is 3. The molecule has 0 aromatic rings. The van der Waals surface area contributed by atoms with Gasteiger partial charge in [0.05, 0.1) is 5.60 Å². The minimum atomic E-state index is -0.652. The number of aliphatic hydroxyl groups is 1. The summed E-state index contributed by atoms with van der Waals surface area (Å²) in [5.74, 6) is 0. The molecule has 98 valence electrons. The Morgan fingerprint density at radius 2 is 1.50 bits per heavy atom. The van der Waals surface area contributed by atoms with Gasteiger partial charge in [0.2, 0.25) is 0 Å². The average molecular weight is 230 g/mol. The SMILES string of the molecule is CC(C)N(CCNC(C)C(C)(C)O)C(C)C. The van der Waals surface area contributed by atoms with E-state index in [1.807, 2.05) is 20.8 Å². The van der Waals surface area contributed by atoms with E-state index in [0.717, 1.165) is 13.1 Å². The van der Waals surface area contributed by atoms with E-state index in [1.54, 1.807) is 0 Å². The maximum Gasteiger partial charge on any atom is 0.0741 e. The second-order valence-electron chi connectivity index (χ2n) is 5.75. The van der Waals surface area contributed by atoms with Crippen molar-refractivity contribution >= 4 is 0 Å². The molecule has 0 heterocycles. The Hall–Kier alpha value is -0.120. The average Bonchev–Trinajstić information content (AvgIpc) is 2.08. The summed E-state index contributed by atoms with van der Waals surface area (Å²) in [7, 11) is 0. The largest absolute Gasteiger partial charge is 0.389 e. The van der Waals surface area contributed by atoms with Crippen LogP contribution >= 0.6 is 0 Å². The van der Waals surface area contributed by atoms with Crippen LogP contribution in [0.15, 0.2) is 0 Å². The Morgan fingerprint density at radius 3 is 1.81 bits per heavy atom. The predicted molar refractivity (Wildman–Crippen MR) is 70.7 cm³/mol. The van der Waals surface area contributed by atoms with Crippen molar-refractivity contribution in [2.45, 2.75) is 72.2 Å². The molecule has 2 N–H and O–H groups in total. The molecule has 3 heteroatoms. The highest BCUT2D eigenvalue weighted by Gasteiger charge is 2.22. The third kappa shape index (κ3) is 5.83. The Bertz CT molecular complexity index is 177. The van der Waals surface area contributed by atoms with Crippen LogP contribution in [0, 0.1) is 0 Å². The topological polar surface area (TPSA) is 35.5 Å². The highest BCUT2D eigenvalue weighted by Crippen LogP contribution is 2.08. The Balaban J connectivity index is 3.96. The Labute approximate surface area is 101 Å². The van der Waals surface area contributed by atoms with Crippen molar-refractivity contribution < 1.29 is 5.11 Å². The lowest BCUT2D eigenvalue weighted by Crippen LogP contribution is -2.48. The van der Waals surface area contributed by atoms with Gasteiger partial charge < -0.3 is 10.4 Å². The summed E-state index contributed by atoms with van der Waals surface area (Å²) in [6.07, 6.45) is 0. The zero-order chi connectivity index (χ0) is 12.9. The van der Waals surface area contributed by atoms with Crippen LogP contribution in [0.3, 0.4) is 0 Å². The smallest absolute Gasteiger partial charge is 0.0741 e. The molecule has 0 aromatic heterocycles. The van der Waals surface area contributed by atoms with Crippen molar-refractivity contribution in [1.82, 2.24) is 10.2 Å². The van der Waals surface area contributed by atoms with Crippen LogP contribution in [0.5, 0.6) is 0 Å². The Kier molecular flexibility index (Phi) is 6.53. The van der Waals surface area contributed by atoms with Crippen molar-refractivity contribution in [3.05, 3.63) is 0 Å². The molecule has 0 aliphatic heterocycles. The van der Waals surface area contributed by atoms with E-state index in [4.69, 9.17) is 0 Å². The molecule has 0 saturated heterocycles. The molecule has 3 nitrogen and oxygen atoms in total. The van der Waals surface area contributed by atoms with Crippen LogP contribution in [-0.2, 0) is 0 Å². The molecule has 0 fully saturated rings. The van der Waals surface area contributed by atoms with Crippen LogP contribution in [0.4, 0.5) is 0 Å². The predicted octanol–water partition coefficient (Wildman–Crippen LogP) is 1.85. The molecule has 0 saturated carbocycles. The summed E-state index contributed by atoms with van der Waals surface area (Å²) in [6, 6.07) is 1.26. The van der Waals surface area contributed by atoms with Gasteiger partial charge in [0.15, 0.2) is 0 Å². The van der Waals surface area contributed by atoms with Gasteiger partial charge in [0.25, 0.3) is 0 Å². The molecule has 1 unspecified atom stereocenters. The summed E-state index contributed by atoms with van der Waals surface area (Å²) in [6.45, 7) is 16.5. The molecule has 0 aliphatic carbocycles. The normalized spacial score (nSPS) is 15.2. The van der Waals surface area contributed by atoms with Crippen LogP contribution in [0.1, 0.15) is 48.5 Å². The minimum absolute atomic E-state index is 0.119. The van der Waals surface area contributed by atoms with E-state index in [2.05, 4.69) is 37.9 Å². The van der Waals surface area contributed by atoms with Gasteiger partial charge in [-0.2, -0.15) is 0 Å². The zero-order valence-electron chi connectivity index (χ0n) is 12.0. The van der Waals surface area contributed by atoms with Gasteiger partial charge in [0.1, 0.15) is 0 Å². The first kappa shape index (κ1) is 15.9. The lowest BCUT2D eigenvalue weighted by Gasteiger charge is -2.32. The molecule has 0 spiro atoms. The summed E-state index contributed by atoms with van der Waals surface area (Å²) >= 11 is 0. The van der Waals surface area contributed by atoms with E-state index >= 15 is 0 Å². The first-order valence-corrected chi connectivity index (χ1v) is 6.37. The van der Waals surface area contributed by atoms with E-state index < -0.39 is 5.60 Å². The van der Waals surface area contributed by atoms with Gasteiger partial charge in [-0.3, -0.25) is 4.90 Å². The van der Waals surface area contributed by atoms with Crippen LogP contribution in [0.25, 0.3) is 0 Å². The third-order valence-corrected chi connectivity index (χ3v) is 3.21. The lowest BCUT2D eigenvalue weighted by atomic mass is 10.0. The van der Waals surface area contributed by atoms with Gasteiger partial charge in [-0.15, -0.1) is 0 Å². The second-order valence-corrected chi connectivity index (χ2v) is 5.75. The molecule has 0 aliphatic rings. The molecule has 0 bridgehead atoms. The van der Waals surface area contributed by atoms with Gasteiger partial charge in [-0.1, -0.05) is 0 Å². The fourth-order valence-corrected chi connectivity index (χ4v) is 1.77. The van der Waals surface area contributed by atoms with Crippen LogP contribution in [-0.4, -0.2) is 46.8 Å².